The molecule has 6 nitrogen and oxygen atoms in total. The van der Waals surface area contributed by atoms with Crippen LogP contribution in [0.15, 0.2) is 60.7 Å². The number of ketones is 1. The van der Waals surface area contributed by atoms with Crippen molar-refractivity contribution in [3.63, 3.8) is 0 Å². The van der Waals surface area contributed by atoms with Crippen LogP contribution in [0.2, 0.25) is 0 Å². The molecule has 0 aliphatic rings. The zero-order valence-electron chi connectivity index (χ0n) is 20.5. The van der Waals surface area contributed by atoms with E-state index in [0.717, 1.165) is 35.1 Å². The summed E-state index contributed by atoms with van der Waals surface area (Å²) in [4.78, 5) is 14.4. The Morgan fingerprint density at radius 1 is 1.00 bits per heavy atom. The highest BCUT2D eigenvalue weighted by Gasteiger charge is 2.20. The van der Waals surface area contributed by atoms with Crippen molar-refractivity contribution in [3.05, 3.63) is 71.8 Å². The van der Waals surface area contributed by atoms with Gasteiger partial charge in [-0.2, -0.15) is 0 Å². The van der Waals surface area contributed by atoms with Crippen molar-refractivity contribution < 1.29 is 54.8 Å². The summed E-state index contributed by atoms with van der Waals surface area (Å²) in [6, 6.07) is 18.1. The van der Waals surface area contributed by atoms with Gasteiger partial charge in [0.15, 0.2) is 5.78 Å². The van der Waals surface area contributed by atoms with Crippen LogP contribution in [0.5, 0.6) is 11.5 Å². The SMILES string of the molecule is CC([NH2+]CCC(=O)c1ccc(OCCC[NH+](C)C)c2ccccc12)C(O)c1ccc(O)cc1.[Cl-].[Cl-]. The molecule has 0 aliphatic carbocycles. The fourth-order valence-electron chi connectivity index (χ4n) is 3.96. The molecule has 0 spiro atoms. The van der Waals surface area contributed by atoms with Crippen molar-refractivity contribution in [2.75, 3.05) is 33.8 Å². The van der Waals surface area contributed by atoms with E-state index in [0.29, 0.717) is 25.1 Å². The van der Waals surface area contributed by atoms with Gasteiger partial charge in [-0.3, -0.25) is 4.79 Å². The van der Waals surface area contributed by atoms with E-state index < -0.39 is 6.10 Å². The summed E-state index contributed by atoms with van der Waals surface area (Å²) in [5, 5.41) is 23.8. The predicted octanol–water partition coefficient (Wildman–Crippen LogP) is -4.27. The highest BCUT2D eigenvalue weighted by Crippen LogP contribution is 2.29. The van der Waals surface area contributed by atoms with E-state index in [2.05, 4.69) is 14.1 Å². The molecule has 0 saturated carbocycles. The average molecular weight is 524 g/mol. The van der Waals surface area contributed by atoms with Gasteiger partial charge in [0.25, 0.3) is 0 Å². The molecule has 3 rings (SSSR count). The topological polar surface area (TPSA) is 87.8 Å². The minimum absolute atomic E-state index is 0. The maximum Gasteiger partial charge on any atom is 0.169 e. The third-order valence-corrected chi connectivity index (χ3v) is 5.91. The number of phenols is 1. The monoisotopic (exact) mass is 522 g/mol. The second kappa shape index (κ2) is 14.9. The molecular weight excluding hydrogens is 487 g/mol. The third-order valence-electron chi connectivity index (χ3n) is 5.91. The molecule has 2 unspecified atom stereocenters. The number of aromatic hydroxyl groups is 1. The number of halogens is 2. The number of ether oxygens (including phenoxy) is 1. The standard InChI is InChI=1S/C27H34N2O4.2ClH/c1-19(27(32)20-9-11-21(30)12-10-20)28-16-15-25(31)23-13-14-26(33-18-6-17-29(2)3)24-8-5-4-7-22(23)24;;/h4-5,7-14,19,27-28,30,32H,6,15-18H2,1-3H3;2*1H. The molecule has 8 heteroatoms. The van der Waals surface area contributed by atoms with Gasteiger partial charge < -0.3 is 50.0 Å². The van der Waals surface area contributed by atoms with E-state index in [1.54, 1.807) is 24.3 Å². The van der Waals surface area contributed by atoms with E-state index in [4.69, 9.17) is 4.74 Å². The van der Waals surface area contributed by atoms with Gasteiger partial charge in [0.05, 0.1) is 40.2 Å². The number of aliphatic hydroxyl groups is 1. The second-order valence-electron chi connectivity index (χ2n) is 8.91. The fourth-order valence-corrected chi connectivity index (χ4v) is 3.96. The first kappa shape index (κ1) is 30.7. The van der Waals surface area contributed by atoms with E-state index in [9.17, 15) is 15.0 Å². The van der Waals surface area contributed by atoms with Crippen LogP contribution in [0.1, 0.15) is 41.8 Å². The molecule has 0 fully saturated rings. The minimum atomic E-state index is -0.674. The van der Waals surface area contributed by atoms with Gasteiger partial charge in [0.1, 0.15) is 23.6 Å². The summed E-state index contributed by atoms with van der Waals surface area (Å²) in [5.41, 5.74) is 1.45. The molecule has 5 N–H and O–H groups in total. The van der Waals surface area contributed by atoms with Crippen LogP contribution in [0, 0.1) is 0 Å². The first-order valence-corrected chi connectivity index (χ1v) is 11.6. The minimum Gasteiger partial charge on any atom is -1.00 e. The molecular formula is C27H36Cl2N2O4. The van der Waals surface area contributed by atoms with E-state index in [-0.39, 0.29) is 42.4 Å². The molecule has 2 atom stereocenters. The maximum atomic E-state index is 13.0. The first-order valence-electron chi connectivity index (χ1n) is 11.6. The van der Waals surface area contributed by atoms with E-state index >= 15 is 0 Å². The number of carbonyl (C=O) groups is 1. The lowest BCUT2D eigenvalue weighted by atomic mass is 9.98. The van der Waals surface area contributed by atoms with Crippen molar-refractivity contribution in [2.24, 2.45) is 0 Å². The Morgan fingerprint density at radius 2 is 1.66 bits per heavy atom. The molecule has 0 aromatic heterocycles. The van der Waals surface area contributed by atoms with Crippen LogP contribution in [0.3, 0.4) is 0 Å². The lowest BCUT2D eigenvalue weighted by Crippen LogP contribution is -3.05. The zero-order valence-corrected chi connectivity index (χ0v) is 22.0. The summed E-state index contributed by atoms with van der Waals surface area (Å²) in [6.07, 6.45) is 0.677. The number of benzene rings is 3. The highest BCUT2D eigenvalue weighted by molar-refractivity contribution is 6.09. The lowest BCUT2D eigenvalue weighted by Gasteiger charge is -2.18. The Morgan fingerprint density at radius 3 is 2.31 bits per heavy atom. The number of carbonyl (C=O) groups excluding carboxylic acids is 1. The molecule has 3 aromatic carbocycles. The number of rotatable bonds is 12. The van der Waals surface area contributed by atoms with E-state index in [1.165, 1.54) is 4.90 Å². The van der Waals surface area contributed by atoms with Crippen molar-refractivity contribution in [3.8, 4) is 11.5 Å². The highest BCUT2D eigenvalue weighted by atomic mass is 35.5. The summed E-state index contributed by atoms with van der Waals surface area (Å²) < 4.78 is 6.02. The van der Waals surface area contributed by atoms with Gasteiger partial charge in [-0.15, -0.1) is 0 Å². The van der Waals surface area contributed by atoms with Gasteiger partial charge in [-0.05, 0) is 42.1 Å². The Labute approximate surface area is 220 Å². The van der Waals surface area contributed by atoms with Gasteiger partial charge in [0, 0.05) is 17.4 Å². The molecule has 0 radical (unpaired) electrons. The number of fused-ring (bicyclic) bond motifs is 1. The van der Waals surface area contributed by atoms with Gasteiger partial charge in [0.2, 0.25) is 0 Å². The van der Waals surface area contributed by atoms with Crippen LogP contribution >= 0.6 is 0 Å². The number of hydrogen-bond acceptors (Lipinski definition) is 4. The Kier molecular flexibility index (Phi) is 13.1. The summed E-state index contributed by atoms with van der Waals surface area (Å²) in [5.74, 6) is 1.07. The number of aliphatic hydroxyl groups excluding tert-OH is 1. The number of hydrogen-bond donors (Lipinski definition) is 4. The molecule has 0 amide bonds. The summed E-state index contributed by atoms with van der Waals surface area (Å²) in [7, 11) is 4.25. The Bertz CT molecular complexity index is 1060. The normalized spacial score (nSPS) is 12.5. The first-order chi connectivity index (χ1) is 15.9. The van der Waals surface area contributed by atoms with Crippen molar-refractivity contribution in [1.82, 2.24) is 0 Å². The third kappa shape index (κ3) is 8.67. The van der Waals surface area contributed by atoms with Crippen LogP contribution in [-0.2, 0) is 0 Å². The van der Waals surface area contributed by atoms with Gasteiger partial charge >= 0.3 is 0 Å². The van der Waals surface area contributed by atoms with Crippen molar-refractivity contribution >= 4 is 16.6 Å². The number of nitrogens with two attached hydrogens (primary N) is 1. The number of Topliss-reactive ketones (excluding diaryl/α,β-unsaturated/α-hetero) is 1. The molecule has 0 aliphatic heterocycles. The van der Waals surface area contributed by atoms with Gasteiger partial charge in [-0.1, -0.05) is 36.4 Å². The molecule has 0 bridgehead atoms. The second-order valence-corrected chi connectivity index (χ2v) is 8.91. The lowest BCUT2D eigenvalue weighted by molar-refractivity contribution is -0.858. The molecule has 35 heavy (non-hydrogen) atoms. The van der Waals surface area contributed by atoms with Crippen LogP contribution in [0.25, 0.3) is 10.8 Å². The van der Waals surface area contributed by atoms with Crippen molar-refractivity contribution in [2.45, 2.75) is 31.9 Å². The van der Waals surface area contributed by atoms with Gasteiger partial charge in [-0.25, -0.2) is 0 Å². The Balaban J connectivity index is 0.00000306. The fraction of sp³-hybridized carbons (Fsp3) is 0.370. The maximum absolute atomic E-state index is 13.0. The molecule has 0 heterocycles. The van der Waals surface area contributed by atoms with Crippen LogP contribution in [-0.4, -0.2) is 55.8 Å². The Hall–Kier alpha value is -2.35. The summed E-state index contributed by atoms with van der Waals surface area (Å²) >= 11 is 0. The van der Waals surface area contributed by atoms with E-state index in [1.807, 2.05) is 48.6 Å². The van der Waals surface area contributed by atoms with Crippen molar-refractivity contribution in [1.29, 1.82) is 0 Å². The average Bonchev–Trinajstić information content (AvgIpc) is 2.81. The molecule has 3 aromatic rings. The number of quaternary nitrogens is 2. The van der Waals surface area contributed by atoms with Crippen LogP contribution in [0.4, 0.5) is 0 Å². The quantitative estimate of drug-likeness (QED) is 0.143. The molecule has 192 valence electrons. The largest absolute Gasteiger partial charge is 1.00 e. The number of phenolic OH excluding ortho intramolecular Hbond substituents is 1. The van der Waals surface area contributed by atoms with Crippen LogP contribution < -0.4 is 39.8 Å². The predicted molar refractivity (Wildman–Crippen MR) is 130 cm³/mol. The number of nitrogens with one attached hydrogen (secondary N) is 1. The zero-order chi connectivity index (χ0) is 23.8. The molecule has 0 saturated heterocycles. The summed E-state index contributed by atoms with van der Waals surface area (Å²) in [6.45, 7) is 4.21. The smallest absolute Gasteiger partial charge is 0.169 e.